The maximum atomic E-state index is 16.2. The van der Waals surface area contributed by atoms with E-state index in [-0.39, 0.29) is 12.4 Å². The van der Waals surface area contributed by atoms with Crippen LogP contribution in [0, 0.1) is 5.82 Å². The van der Waals surface area contributed by atoms with E-state index in [0.29, 0.717) is 60.8 Å². The lowest BCUT2D eigenvalue weighted by Gasteiger charge is -2.49. The van der Waals surface area contributed by atoms with Crippen molar-refractivity contribution in [3.63, 3.8) is 0 Å². The van der Waals surface area contributed by atoms with E-state index in [9.17, 15) is 21.6 Å². The Balaban J connectivity index is 1.44. The summed E-state index contributed by atoms with van der Waals surface area (Å²) in [4.78, 5) is 13.9. The van der Waals surface area contributed by atoms with Gasteiger partial charge in [0.05, 0.1) is 26.3 Å². The molecule has 0 aliphatic carbocycles. The van der Waals surface area contributed by atoms with Gasteiger partial charge in [-0.1, -0.05) is 18.2 Å². The van der Waals surface area contributed by atoms with Gasteiger partial charge in [0.25, 0.3) is 10.0 Å². The number of piperidine rings is 1. The van der Waals surface area contributed by atoms with E-state index in [2.05, 4.69) is 19.8 Å². The topological polar surface area (TPSA) is 91.3 Å². The van der Waals surface area contributed by atoms with Crippen molar-refractivity contribution in [1.82, 2.24) is 19.8 Å². The third kappa shape index (κ3) is 9.37. The molecule has 10 nitrogen and oxygen atoms in total. The van der Waals surface area contributed by atoms with Crippen molar-refractivity contribution in [2.45, 2.75) is 48.8 Å². The van der Waals surface area contributed by atoms with E-state index in [4.69, 9.17) is 9.47 Å². The molecule has 5 rings (SSSR count). The zero-order valence-corrected chi connectivity index (χ0v) is 31.4. The van der Waals surface area contributed by atoms with Crippen LogP contribution in [0.3, 0.4) is 0 Å². The number of aromatic nitrogens is 2. The second kappa shape index (κ2) is 16.7. The predicted octanol–water partition coefficient (Wildman–Crippen LogP) is 6.51. The Morgan fingerprint density at radius 1 is 0.962 bits per heavy atom. The molecule has 0 radical (unpaired) electrons. The molecule has 1 saturated heterocycles. The number of halogens is 4. The molecule has 0 N–H and O–H groups in total. The predicted molar refractivity (Wildman–Crippen MR) is 196 cm³/mol. The second-order valence-corrected chi connectivity index (χ2v) is 15.4. The first-order valence-electron chi connectivity index (χ1n) is 17.2. The fourth-order valence-electron chi connectivity index (χ4n) is 6.78. The molecule has 1 atom stereocenters. The minimum Gasteiger partial charge on any atom is -0.497 e. The van der Waals surface area contributed by atoms with Gasteiger partial charge in [-0.25, -0.2) is 27.1 Å². The van der Waals surface area contributed by atoms with Crippen molar-refractivity contribution in [3.8, 4) is 11.5 Å². The second-order valence-electron chi connectivity index (χ2n) is 13.5. The van der Waals surface area contributed by atoms with Crippen LogP contribution in [-0.4, -0.2) is 95.3 Å². The molecule has 0 spiro atoms. The van der Waals surface area contributed by atoms with Crippen LogP contribution in [0.4, 0.5) is 29.1 Å². The molecule has 3 aromatic carbocycles. The van der Waals surface area contributed by atoms with Gasteiger partial charge >= 0.3 is 6.18 Å². The van der Waals surface area contributed by atoms with Crippen LogP contribution in [0.15, 0.2) is 84.1 Å². The van der Waals surface area contributed by atoms with E-state index < -0.39 is 38.0 Å². The van der Waals surface area contributed by atoms with Gasteiger partial charge in [0.15, 0.2) is 0 Å². The molecular weight excluding hydrogens is 713 g/mol. The van der Waals surface area contributed by atoms with Gasteiger partial charge in [0.1, 0.15) is 34.4 Å². The Morgan fingerprint density at radius 2 is 1.75 bits per heavy atom. The van der Waals surface area contributed by atoms with Crippen LogP contribution in [0.25, 0.3) is 0 Å². The Kier molecular flexibility index (Phi) is 12.5. The molecular formula is C38H46F4N6O4S. The maximum Gasteiger partial charge on any atom is 0.416 e. The van der Waals surface area contributed by atoms with E-state index in [1.54, 1.807) is 30.3 Å². The average molecular weight is 759 g/mol. The summed E-state index contributed by atoms with van der Waals surface area (Å²) in [6.45, 7) is 2.35. The lowest BCUT2D eigenvalue weighted by molar-refractivity contribution is -0.137. The molecule has 0 saturated carbocycles. The normalized spacial score (nSPS) is 16.6. The average Bonchev–Trinajstić information content (AvgIpc) is 3.15. The molecule has 1 aliphatic heterocycles. The highest BCUT2D eigenvalue weighted by Crippen LogP contribution is 2.37. The minimum absolute atomic E-state index is 0.0451. The minimum atomic E-state index is -4.51. The van der Waals surface area contributed by atoms with Crippen LogP contribution >= 0.6 is 0 Å². The van der Waals surface area contributed by atoms with E-state index in [1.165, 1.54) is 57.1 Å². The monoisotopic (exact) mass is 758 g/mol. The lowest BCUT2D eigenvalue weighted by Crippen LogP contribution is -2.59. The Morgan fingerprint density at radius 3 is 2.42 bits per heavy atom. The van der Waals surface area contributed by atoms with E-state index in [1.807, 2.05) is 26.0 Å². The molecule has 286 valence electrons. The summed E-state index contributed by atoms with van der Waals surface area (Å²) in [5.41, 5.74) is 0.489. The molecule has 2 heterocycles. The first-order chi connectivity index (χ1) is 25.2. The SMILES string of the molecule is COc1ccc(CN(c2ccncn2)S(=O)(=O)c2ccc(N3CCC[C@@](CCc4cccc(C(F)(F)F)c4)(N(C)CCN(C)C)C3)cc2F)c(OC)c1. The van der Waals surface area contributed by atoms with Crippen LogP contribution in [0.5, 0.6) is 11.5 Å². The Hall–Kier alpha value is -4.47. The van der Waals surface area contributed by atoms with Gasteiger partial charge in [-0.2, -0.15) is 13.2 Å². The number of nitrogens with zero attached hydrogens (tertiary/aromatic N) is 6. The molecule has 0 bridgehead atoms. The lowest BCUT2D eigenvalue weighted by atomic mass is 9.81. The zero-order valence-electron chi connectivity index (χ0n) is 30.6. The summed E-state index contributed by atoms with van der Waals surface area (Å²) in [7, 11) is 4.44. The largest absolute Gasteiger partial charge is 0.497 e. The highest BCUT2D eigenvalue weighted by molar-refractivity contribution is 7.92. The number of rotatable bonds is 15. The van der Waals surface area contributed by atoms with Gasteiger partial charge in [-0.3, -0.25) is 4.90 Å². The van der Waals surface area contributed by atoms with Crippen LogP contribution in [-0.2, 0) is 29.2 Å². The van der Waals surface area contributed by atoms with Crippen molar-refractivity contribution in [2.75, 3.05) is 70.7 Å². The summed E-state index contributed by atoms with van der Waals surface area (Å²) >= 11 is 0. The van der Waals surface area contributed by atoms with Crippen molar-refractivity contribution in [2.24, 2.45) is 0 Å². The molecule has 15 heteroatoms. The quantitative estimate of drug-likeness (QED) is 0.126. The first-order valence-corrected chi connectivity index (χ1v) is 18.7. The zero-order chi connectivity index (χ0) is 38.4. The Bertz CT molecular complexity index is 1950. The van der Waals surface area contributed by atoms with Gasteiger partial charge < -0.3 is 19.3 Å². The molecule has 1 aliphatic rings. The molecule has 53 heavy (non-hydrogen) atoms. The maximum absolute atomic E-state index is 16.2. The summed E-state index contributed by atoms with van der Waals surface area (Å²) < 4.78 is 97.0. The van der Waals surface area contributed by atoms with Crippen LogP contribution < -0.4 is 18.7 Å². The van der Waals surface area contributed by atoms with Crippen molar-refractivity contribution in [1.29, 1.82) is 0 Å². The molecule has 0 unspecified atom stereocenters. The first kappa shape index (κ1) is 39.7. The van der Waals surface area contributed by atoms with Gasteiger partial charge in [0.2, 0.25) is 0 Å². The smallest absolute Gasteiger partial charge is 0.416 e. The van der Waals surface area contributed by atoms with E-state index in [0.717, 1.165) is 29.8 Å². The molecule has 1 fully saturated rings. The van der Waals surface area contributed by atoms with Crippen LogP contribution in [0.2, 0.25) is 0 Å². The molecule has 4 aromatic rings. The van der Waals surface area contributed by atoms with Crippen LogP contribution in [0.1, 0.15) is 36.0 Å². The van der Waals surface area contributed by atoms with Crippen molar-refractivity contribution >= 4 is 21.5 Å². The third-order valence-electron chi connectivity index (χ3n) is 9.86. The number of methoxy groups -OCH3 is 2. The number of alkyl halides is 3. The number of likely N-dealkylation sites (N-methyl/N-ethyl adjacent to an activating group) is 2. The Labute approximate surface area is 309 Å². The van der Waals surface area contributed by atoms with E-state index >= 15 is 4.39 Å². The molecule has 0 amide bonds. The number of benzene rings is 3. The highest BCUT2D eigenvalue weighted by atomic mass is 32.2. The number of aryl methyl sites for hydroxylation is 1. The van der Waals surface area contributed by atoms with Gasteiger partial charge in [-0.05, 0) is 88.8 Å². The van der Waals surface area contributed by atoms with Gasteiger partial charge in [-0.15, -0.1) is 0 Å². The third-order valence-corrected chi connectivity index (χ3v) is 11.6. The highest BCUT2D eigenvalue weighted by Gasteiger charge is 2.40. The number of hydrogen-bond acceptors (Lipinski definition) is 9. The van der Waals surface area contributed by atoms with Crippen molar-refractivity contribution in [3.05, 3.63) is 102 Å². The summed E-state index contributed by atoms with van der Waals surface area (Å²) in [6.07, 6.45) is 0.732. The number of hydrogen-bond donors (Lipinski definition) is 0. The van der Waals surface area contributed by atoms with Gasteiger partial charge in [0, 0.05) is 61.3 Å². The number of sulfonamides is 1. The fourth-order valence-corrected chi connectivity index (χ4v) is 8.22. The number of ether oxygens (including phenoxy) is 2. The standard InChI is InChI=1S/C38H46F4N6O4S/c1-45(2)20-21-46(3)37(17-14-28-8-6-9-30(22-28)38(40,41)42)16-7-19-47(26-37)31-11-13-35(33(39)23-31)53(49,50)48(36-15-18-43-27-44-36)25-29-10-12-32(51-4)24-34(29)52-5/h6,8-13,15,18,22-24,27H,7,14,16-17,19-21,25-26H2,1-5H3/t37-/m0/s1. The summed E-state index contributed by atoms with van der Waals surface area (Å²) in [5, 5.41) is 0. The number of anilines is 2. The molecule has 1 aromatic heterocycles. The fraction of sp³-hybridized carbons (Fsp3) is 0.421. The summed E-state index contributed by atoms with van der Waals surface area (Å²) in [6, 6.07) is 16.0. The van der Waals surface area contributed by atoms with Crippen molar-refractivity contribution < 1.29 is 35.5 Å². The summed E-state index contributed by atoms with van der Waals surface area (Å²) in [5.74, 6) is 0.0182.